The van der Waals surface area contributed by atoms with Crippen LogP contribution in [0.2, 0.25) is 0 Å². The first-order chi connectivity index (χ1) is 8.15. The smallest absolute Gasteiger partial charge is 0.126 e. The van der Waals surface area contributed by atoms with Gasteiger partial charge in [0.1, 0.15) is 5.82 Å². The molecule has 0 saturated carbocycles. The maximum Gasteiger partial charge on any atom is 0.126 e. The second-order valence-electron chi connectivity index (χ2n) is 4.76. The SMILES string of the molecule is CCNc1cc(CNCC(C)C)cc(CC)n1. The second kappa shape index (κ2) is 7.28. The summed E-state index contributed by atoms with van der Waals surface area (Å²) in [7, 11) is 0. The van der Waals surface area contributed by atoms with Gasteiger partial charge in [-0.25, -0.2) is 4.98 Å². The van der Waals surface area contributed by atoms with E-state index in [-0.39, 0.29) is 0 Å². The minimum atomic E-state index is 0.690. The van der Waals surface area contributed by atoms with Gasteiger partial charge in [-0.3, -0.25) is 0 Å². The zero-order valence-electron chi connectivity index (χ0n) is 11.5. The fourth-order valence-corrected chi connectivity index (χ4v) is 1.71. The normalized spacial score (nSPS) is 10.9. The Morgan fingerprint density at radius 2 is 2.00 bits per heavy atom. The number of hydrogen-bond donors (Lipinski definition) is 2. The Morgan fingerprint density at radius 1 is 1.24 bits per heavy atom. The molecule has 0 bridgehead atoms. The highest BCUT2D eigenvalue weighted by Gasteiger charge is 2.01. The number of pyridine rings is 1. The van der Waals surface area contributed by atoms with Crippen LogP contribution in [0.5, 0.6) is 0 Å². The van der Waals surface area contributed by atoms with E-state index in [0.717, 1.165) is 37.6 Å². The fraction of sp³-hybridized carbons (Fsp3) is 0.643. The minimum absolute atomic E-state index is 0.690. The van der Waals surface area contributed by atoms with Crippen LogP contribution >= 0.6 is 0 Å². The molecule has 0 aromatic carbocycles. The summed E-state index contributed by atoms with van der Waals surface area (Å²) in [6.07, 6.45) is 0.983. The quantitative estimate of drug-likeness (QED) is 0.763. The summed E-state index contributed by atoms with van der Waals surface area (Å²) in [6, 6.07) is 4.32. The molecule has 0 spiro atoms. The van der Waals surface area contributed by atoms with Crippen LogP contribution in [0.1, 0.15) is 39.0 Å². The standard InChI is InChI=1S/C14H25N3/c1-5-13-7-12(10-15-9-11(3)4)8-14(17-13)16-6-2/h7-8,11,15H,5-6,9-10H2,1-4H3,(H,16,17). The van der Waals surface area contributed by atoms with E-state index in [1.807, 2.05) is 0 Å². The molecule has 0 aliphatic rings. The summed E-state index contributed by atoms with van der Waals surface area (Å²) in [5.74, 6) is 1.68. The van der Waals surface area contributed by atoms with Gasteiger partial charge in [-0.15, -0.1) is 0 Å². The summed E-state index contributed by atoms with van der Waals surface area (Å²) in [6.45, 7) is 11.6. The lowest BCUT2D eigenvalue weighted by atomic mass is 10.1. The van der Waals surface area contributed by atoms with Crippen molar-refractivity contribution >= 4 is 5.82 Å². The van der Waals surface area contributed by atoms with Crippen LogP contribution in [0.25, 0.3) is 0 Å². The number of nitrogens with zero attached hydrogens (tertiary/aromatic N) is 1. The molecular formula is C14H25N3. The van der Waals surface area contributed by atoms with Gasteiger partial charge in [-0.05, 0) is 43.5 Å². The van der Waals surface area contributed by atoms with Crippen molar-refractivity contribution in [2.24, 2.45) is 5.92 Å². The van der Waals surface area contributed by atoms with Crippen LogP contribution in [0.3, 0.4) is 0 Å². The number of aryl methyl sites for hydroxylation is 1. The van der Waals surface area contributed by atoms with Crippen LogP contribution in [-0.4, -0.2) is 18.1 Å². The molecule has 17 heavy (non-hydrogen) atoms. The van der Waals surface area contributed by atoms with Gasteiger partial charge in [0.05, 0.1) is 0 Å². The largest absolute Gasteiger partial charge is 0.370 e. The molecule has 96 valence electrons. The van der Waals surface area contributed by atoms with Gasteiger partial charge in [-0.2, -0.15) is 0 Å². The second-order valence-corrected chi connectivity index (χ2v) is 4.76. The zero-order chi connectivity index (χ0) is 12.7. The van der Waals surface area contributed by atoms with Gasteiger partial charge in [-0.1, -0.05) is 20.8 Å². The van der Waals surface area contributed by atoms with Gasteiger partial charge < -0.3 is 10.6 Å². The molecule has 3 heteroatoms. The van der Waals surface area contributed by atoms with Crippen molar-refractivity contribution in [1.29, 1.82) is 0 Å². The summed E-state index contributed by atoms with van der Waals surface area (Å²) in [5, 5.41) is 6.75. The van der Waals surface area contributed by atoms with Crippen LogP contribution in [0.4, 0.5) is 5.82 Å². The van der Waals surface area contributed by atoms with Gasteiger partial charge in [0.2, 0.25) is 0 Å². The lowest BCUT2D eigenvalue weighted by Crippen LogP contribution is -2.19. The van der Waals surface area contributed by atoms with Crippen LogP contribution in [-0.2, 0) is 13.0 Å². The predicted octanol–water partition coefficient (Wildman–Crippen LogP) is 2.82. The Morgan fingerprint density at radius 3 is 2.59 bits per heavy atom. The number of anilines is 1. The predicted molar refractivity (Wildman–Crippen MR) is 74.3 cm³/mol. The molecule has 0 saturated heterocycles. The summed E-state index contributed by atoms with van der Waals surface area (Å²) < 4.78 is 0. The molecule has 3 nitrogen and oxygen atoms in total. The van der Waals surface area contributed by atoms with Gasteiger partial charge in [0.15, 0.2) is 0 Å². The monoisotopic (exact) mass is 235 g/mol. The molecule has 0 radical (unpaired) electrons. The summed E-state index contributed by atoms with van der Waals surface area (Å²) in [5.41, 5.74) is 2.47. The molecular weight excluding hydrogens is 210 g/mol. The number of rotatable bonds is 7. The average Bonchev–Trinajstić information content (AvgIpc) is 2.28. The average molecular weight is 235 g/mol. The van der Waals surface area contributed by atoms with Crippen molar-refractivity contribution in [3.05, 3.63) is 23.4 Å². The molecule has 0 aliphatic carbocycles. The molecule has 1 heterocycles. The lowest BCUT2D eigenvalue weighted by molar-refractivity contribution is 0.552. The van der Waals surface area contributed by atoms with Crippen LogP contribution < -0.4 is 10.6 Å². The maximum atomic E-state index is 4.55. The van der Waals surface area contributed by atoms with Crippen LogP contribution in [0.15, 0.2) is 12.1 Å². The van der Waals surface area contributed by atoms with Crippen molar-refractivity contribution in [2.45, 2.75) is 40.7 Å². The van der Waals surface area contributed by atoms with Crippen molar-refractivity contribution < 1.29 is 0 Å². The summed E-state index contributed by atoms with van der Waals surface area (Å²) >= 11 is 0. The third-order valence-electron chi connectivity index (χ3n) is 2.54. The number of hydrogen-bond acceptors (Lipinski definition) is 3. The molecule has 1 rings (SSSR count). The zero-order valence-corrected chi connectivity index (χ0v) is 11.5. The minimum Gasteiger partial charge on any atom is -0.370 e. The van der Waals surface area contributed by atoms with E-state index >= 15 is 0 Å². The first-order valence-corrected chi connectivity index (χ1v) is 6.60. The Labute approximate surface area is 105 Å². The molecule has 0 unspecified atom stereocenters. The van der Waals surface area contributed by atoms with Gasteiger partial charge in [0.25, 0.3) is 0 Å². The molecule has 0 atom stereocenters. The highest BCUT2D eigenvalue weighted by Crippen LogP contribution is 2.11. The van der Waals surface area contributed by atoms with E-state index < -0.39 is 0 Å². The van der Waals surface area contributed by atoms with E-state index in [1.54, 1.807) is 0 Å². The van der Waals surface area contributed by atoms with Gasteiger partial charge >= 0.3 is 0 Å². The van der Waals surface area contributed by atoms with E-state index in [2.05, 4.69) is 55.4 Å². The van der Waals surface area contributed by atoms with Crippen molar-refractivity contribution in [1.82, 2.24) is 10.3 Å². The number of nitrogens with one attached hydrogen (secondary N) is 2. The molecule has 0 aliphatic heterocycles. The van der Waals surface area contributed by atoms with E-state index in [4.69, 9.17) is 0 Å². The van der Waals surface area contributed by atoms with Crippen molar-refractivity contribution in [3.8, 4) is 0 Å². The highest BCUT2D eigenvalue weighted by molar-refractivity contribution is 5.39. The third-order valence-corrected chi connectivity index (χ3v) is 2.54. The molecule has 1 aromatic rings. The van der Waals surface area contributed by atoms with E-state index in [0.29, 0.717) is 5.92 Å². The number of aromatic nitrogens is 1. The van der Waals surface area contributed by atoms with Crippen molar-refractivity contribution in [3.63, 3.8) is 0 Å². The highest BCUT2D eigenvalue weighted by atomic mass is 15.0. The fourth-order valence-electron chi connectivity index (χ4n) is 1.71. The topological polar surface area (TPSA) is 37.0 Å². The Balaban J connectivity index is 2.66. The van der Waals surface area contributed by atoms with Gasteiger partial charge in [0, 0.05) is 18.8 Å². The Bertz CT molecular complexity index is 334. The lowest BCUT2D eigenvalue weighted by Gasteiger charge is -2.11. The van der Waals surface area contributed by atoms with E-state index in [1.165, 1.54) is 5.56 Å². The van der Waals surface area contributed by atoms with Crippen LogP contribution in [0, 0.1) is 5.92 Å². The molecule has 0 fully saturated rings. The first kappa shape index (κ1) is 14.0. The maximum absolute atomic E-state index is 4.55. The molecule has 1 aromatic heterocycles. The Hall–Kier alpha value is -1.09. The summed E-state index contributed by atoms with van der Waals surface area (Å²) in [4.78, 5) is 4.55. The molecule has 0 amide bonds. The third kappa shape index (κ3) is 5.18. The van der Waals surface area contributed by atoms with Crippen molar-refractivity contribution in [2.75, 3.05) is 18.4 Å². The Kier molecular flexibility index (Phi) is 5.98. The first-order valence-electron chi connectivity index (χ1n) is 6.60. The van der Waals surface area contributed by atoms with E-state index in [9.17, 15) is 0 Å². The molecule has 2 N–H and O–H groups in total.